The third-order valence-electron chi connectivity index (χ3n) is 4.63. The molecule has 0 radical (unpaired) electrons. The lowest BCUT2D eigenvalue weighted by Gasteiger charge is -2.20. The van der Waals surface area contributed by atoms with Crippen molar-refractivity contribution in [2.24, 2.45) is 0 Å². The molecule has 2 aromatic carbocycles. The molecule has 0 aliphatic heterocycles. The van der Waals surface area contributed by atoms with E-state index in [0.29, 0.717) is 11.4 Å². The van der Waals surface area contributed by atoms with Crippen molar-refractivity contribution in [1.29, 1.82) is 0 Å². The average molecular weight is 405 g/mol. The molecule has 1 amide bonds. The van der Waals surface area contributed by atoms with E-state index in [1.807, 2.05) is 19.1 Å². The Bertz CT molecular complexity index is 893. The van der Waals surface area contributed by atoms with Crippen molar-refractivity contribution in [3.05, 3.63) is 59.7 Å². The summed E-state index contributed by atoms with van der Waals surface area (Å²) in [5, 5.41) is 2.95. The van der Waals surface area contributed by atoms with Crippen molar-refractivity contribution in [2.45, 2.75) is 39.3 Å². The molecule has 2 unspecified atom stereocenters. The molecule has 0 fully saturated rings. The number of nitrogens with one attached hydrogen (secondary N) is 1. The van der Waals surface area contributed by atoms with Crippen molar-refractivity contribution >= 4 is 21.6 Å². The number of hydrogen-bond acceptors (Lipinski definition) is 4. The molecule has 0 aliphatic carbocycles. The van der Waals surface area contributed by atoms with Crippen LogP contribution in [-0.4, -0.2) is 33.7 Å². The zero-order valence-corrected chi connectivity index (χ0v) is 17.8. The minimum absolute atomic E-state index is 0.129. The molecule has 2 aromatic rings. The first-order valence-corrected chi connectivity index (χ1v) is 11.1. The number of amides is 1. The van der Waals surface area contributed by atoms with Crippen LogP contribution in [0.15, 0.2) is 48.5 Å². The largest absolute Gasteiger partial charge is 0.481 e. The van der Waals surface area contributed by atoms with Crippen LogP contribution in [0.25, 0.3) is 0 Å². The second-order valence-electron chi connectivity index (χ2n) is 6.81. The van der Waals surface area contributed by atoms with Crippen molar-refractivity contribution in [2.75, 3.05) is 17.6 Å². The van der Waals surface area contributed by atoms with Crippen LogP contribution in [0.3, 0.4) is 0 Å². The summed E-state index contributed by atoms with van der Waals surface area (Å²) in [6.07, 6.45) is 1.43. The fraction of sp³-hybridized carbons (Fsp3) is 0.381. The molecule has 1 N–H and O–H groups in total. The third kappa shape index (κ3) is 5.73. The Morgan fingerprint density at radius 1 is 1.07 bits per heavy atom. The van der Waals surface area contributed by atoms with Crippen molar-refractivity contribution in [3.63, 3.8) is 0 Å². The molecule has 2 atom stereocenters. The number of rotatable bonds is 8. The lowest BCUT2D eigenvalue weighted by Crippen LogP contribution is -2.37. The summed E-state index contributed by atoms with van der Waals surface area (Å²) in [6.45, 7) is 5.71. The minimum Gasteiger partial charge on any atom is -0.481 e. The molecule has 152 valence electrons. The molecule has 0 aliphatic rings. The Morgan fingerprint density at radius 3 is 2.14 bits per heavy atom. The first-order valence-electron chi connectivity index (χ1n) is 9.21. The Hall–Kier alpha value is -2.54. The zero-order chi connectivity index (χ0) is 20.9. The highest BCUT2D eigenvalue weighted by Crippen LogP contribution is 2.21. The monoisotopic (exact) mass is 404 g/mol. The predicted molar refractivity (Wildman–Crippen MR) is 112 cm³/mol. The SMILES string of the molecule is CCc1ccc(C(C)NC(=O)C(C)Oc2ccc(N(C)S(C)(=O)=O)cc2)cc1. The maximum Gasteiger partial charge on any atom is 0.261 e. The molecule has 28 heavy (non-hydrogen) atoms. The summed E-state index contributed by atoms with van der Waals surface area (Å²) in [4.78, 5) is 12.4. The first-order chi connectivity index (χ1) is 13.1. The number of aryl methyl sites for hydroxylation is 1. The van der Waals surface area contributed by atoms with Gasteiger partial charge in [-0.05, 0) is 55.7 Å². The van der Waals surface area contributed by atoms with E-state index in [-0.39, 0.29) is 11.9 Å². The van der Waals surface area contributed by atoms with Gasteiger partial charge in [0.15, 0.2) is 6.10 Å². The molecule has 0 heterocycles. The van der Waals surface area contributed by atoms with Crippen LogP contribution < -0.4 is 14.4 Å². The van der Waals surface area contributed by atoms with E-state index in [1.54, 1.807) is 31.2 Å². The second-order valence-corrected chi connectivity index (χ2v) is 8.82. The Balaban J connectivity index is 1.96. The molecule has 0 bridgehead atoms. The molecule has 7 heteroatoms. The average Bonchev–Trinajstić information content (AvgIpc) is 2.67. The molecule has 0 aromatic heterocycles. The van der Waals surface area contributed by atoms with Gasteiger partial charge in [-0.1, -0.05) is 31.2 Å². The number of anilines is 1. The van der Waals surface area contributed by atoms with Gasteiger partial charge in [-0.2, -0.15) is 0 Å². The van der Waals surface area contributed by atoms with Crippen LogP contribution >= 0.6 is 0 Å². The van der Waals surface area contributed by atoms with Gasteiger partial charge < -0.3 is 10.1 Å². The third-order valence-corrected chi connectivity index (χ3v) is 5.83. The van der Waals surface area contributed by atoms with Crippen molar-refractivity contribution in [3.8, 4) is 5.75 Å². The Kier molecular flexibility index (Phi) is 7.07. The van der Waals surface area contributed by atoms with E-state index in [0.717, 1.165) is 18.2 Å². The lowest BCUT2D eigenvalue weighted by atomic mass is 10.0. The van der Waals surface area contributed by atoms with Crippen LogP contribution in [0, 0.1) is 0 Å². The van der Waals surface area contributed by atoms with Crippen molar-refractivity contribution in [1.82, 2.24) is 5.32 Å². The molecular weight excluding hydrogens is 376 g/mol. The van der Waals surface area contributed by atoms with Crippen LogP contribution in [0.2, 0.25) is 0 Å². The standard InChI is InChI=1S/C21H28N2O4S/c1-6-17-7-9-18(10-8-17)15(2)22-21(24)16(3)27-20-13-11-19(12-14-20)23(4)28(5,25)26/h7-16H,6H2,1-5H3,(H,22,24). The second kappa shape index (κ2) is 9.10. The number of benzene rings is 2. The fourth-order valence-electron chi connectivity index (χ4n) is 2.64. The maximum absolute atomic E-state index is 12.4. The topological polar surface area (TPSA) is 75.7 Å². The van der Waals surface area contributed by atoms with E-state index < -0.39 is 16.1 Å². The highest BCUT2D eigenvalue weighted by atomic mass is 32.2. The Labute approximate surface area is 167 Å². The van der Waals surface area contributed by atoms with Crippen LogP contribution in [0.1, 0.15) is 37.9 Å². The van der Waals surface area contributed by atoms with Gasteiger partial charge in [0.05, 0.1) is 18.0 Å². The van der Waals surface area contributed by atoms with E-state index in [1.165, 1.54) is 16.9 Å². The van der Waals surface area contributed by atoms with Gasteiger partial charge in [0.1, 0.15) is 5.75 Å². The van der Waals surface area contributed by atoms with Crippen LogP contribution in [0.5, 0.6) is 5.75 Å². The summed E-state index contributed by atoms with van der Waals surface area (Å²) >= 11 is 0. The number of carbonyl (C=O) groups is 1. The maximum atomic E-state index is 12.4. The minimum atomic E-state index is -3.32. The number of sulfonamides is 1. The summed E-state index contributed by atoms with van der Waals surface area (Å²) in [5.74, 6) is 0.276. The van der Waals surface area contributed by atoms with Crippen LogP contribution in [0.4, 0.5) is 5.69 Å². The van der Waals surface area contributed by atoms with Gasteiger partial charge >= 0.3 is 0 Å². The van der Waals surface area contributed by atoms with Gasteiger partial charge in [0, 0.05) is 7.05 Å². The van der Waals surface area contributed by atoms with Crippen molar-refractivity contribution < 1.29 is 17.9 Å². The normalized spacial score (nSPS) is 13.5. The van der Waals surface area contributed by atoms with Gasteiger partial charge in [0.25, 0.3) is 5.91 Å². The fourth-order valence-corrected chi connectivity index (χ4v) is 3.14. The first kappa shape index (κ1) is 21.8. The number of ether oxygens (including phenoxy) is 1. The lowest BCUT2D eigenvalue weighted by molar-refractivity contribution is -0.127. The number of nitrogens with zero attached hydrogens (tertiary/aromatic N) is 1. The summed E-state index contributed by atoms with van der Waals surface area (Å²) in [7, 11) is -1.84. The van der Waals surface area contributed by atoms with E-state index in [2.05, 4.69) is 24.4 Å². The van der Waals surface area contributed by atoms with Gasteiger partial charge in [-0.3, -0.25) is 9.10 Å². The molecule has 0 saturated heterocycles. The molecular formula is C21H28N2O4S. The Morgan fingerprint density at radius 2 is 1.64 bits per heavy atom. The number of carbonyl (C=O) groups excluding carboxylic acids is 1. The van der Waals surface area contributed by atoms with E-state index in [4.69, 9.17) is 4.74 Å². The van der Waals surface area contributed by atoms with Gasteiger partial charge in [-0.15, -0.1) is 0 Å². The molecule has 2 rings (SSSR count). The summed E-state index contributed by atoms with van der Waals surface area (Å²) < 4.78 is 30.0. The van der Waals surface area contributed by atoms with Gasteiger partial charge in [0.2, 0.25) is 10.0 Å². The highest BCUT2D eigenvalue weighted by molar-refractivity contribution is 7.92. The van der Waals surface area contributed by atoms with Gasteiger partial charge in [-0.25, -0.2) is 8.42 Å². The molecule has 0 spiro atoms. The highest BCUT2D eigenvalue weighted by Gasteiger charge is 2.18. The molecule has 0 saturated carbocycles. The summed E-state index contributed by atoms with van der Waals surface area (Å²) in [5.41, 5.74) is 2.81. The van der Waals surface area contributed by atoms with Crippen LogP contribution in [-0.2, 0) is 21.2 Å². The zero-order valence-electron chi connectivity index (χ0n) is 17.0. The number of hydrogen-bond donors (Lipinski definition) is 1. The molecule has 6 nitrogen and oxygen atoms in total. The smallest absolute Gasteiger partial charge is 0.261 e. The van der Waals surface area contributed by atoms with E-state index in [9.17, 15) is 13.2 Å². The summed E-state index contributed by atoms with van der Waals surface area (Å²) in [6, 6.07) is 14.6. The predicted octanol–water partition coefficient (Wildman–Crippen LogP) is 3.29. The quantitative estimate of drug-likeness (QED) is 0.733. The van der Waals surface area contributed by atoms with E-state index >= 15 is 0 Å².